The van der Waals surface area contributed by atoms with Crippen molar-refractivity contribution in [3.63, 3.8) is 0 Å². The van der Waals surface area contributed by atoms with Crippen molar-refractivity contribution in [1.82, 2.24) is 0 Å². The van der Waals surface area contributed by atoms with E-state index in [1.54, 1.807) is 4.90 Å². The molecule has 2 aliphatic rings. The van der Waals surface area contributed by atoms with Gasteiger partial charge in [0, 0.05) is 25.1 Å². The highest BCUT2D eigenvalue weighted by Crippen LogP contribution is 2.32. The summed E-state index contributed by atoms with van der Waals surface area (Å²) in [6, 6.07) is 5.72. The SMILES string of the molecule is COC(=O)C1CC(=O)N(c2ccc3c(c2)CCO3)C1. The molecule has 2 heterocycles. The van der Waals surface area contributed by atoms with Crippen LogP contribution in [0.4, 0.5) is 5.69 Å². The second-order valence-electron chi connectivity index (χ2n) is 4.82. The van der Waals surface area contributed by atoms with Gasteiger partial charge in [-0.05, 0) is 23.8 Å². The molecule has 0 radical (unpaired) electrons. The van der Waals surface area contributed by atoms with Crippen LogP contribution in [0.5, 0.6) is 5.75 Å². The number of carbonyl (C=O) groups excluding carboxylic acids is 2. The lowest BCUT2D eigenvalue weighted by molar-refractivity contribution is -0.145. The average molecular weight is 261 g/mol. The van der Waals surface area contributed by atoms with E-state index in [1.165, 1.54) is 7.11 Å². The van der Waals surface area contributed by atoms with E-state index < -0.39 is 0 Å². The van der Waals surface area contributed by atoms with E-state index in [-0.39, 0.29) is 24.2 Å². The van der Waals surface area contributed by atoms with E-state index in [2.05, 4.69) is 0 Å². The van der Waals surface area contributed by atoms with E-state index in [0.29, 0.717) is 13.2 Å². The number of nitrogens with zero attached hydrogens (tertiary/aromatic N) is 1. The maximum atomic E-state index is 12.0. The highest BCUT2D eigenvalue weighted by atomic mass is 16.5. The first-order valence-corrected chi connectivity index (χ1v) is 6.33. The molecule has 5 heteroatoms. The Morgan fingerprint density at radius 1 is 1.47 bits per heavy atom. The Hall–Kier alpha value is -2.04. The van der Waals surface area contributed by atoms with Crippen LogP contribution in [0.3, 0.4) is 0 Å². The van der Waals surface area contributed by atoms with Crippen LogP contribution in [0.15, 0.2) is 18.2 Å². The Kier molecular flexibility index (Phi) is 2.89. The molecule has 19 heavy (non-hydrogen) atoms. The predicted molar refractivity (Wildman–Crippen MR) is 68.1 cm³/mol. The van der Waals surface area contributed by atoms with Crippen molar-refractivity contribution in [2.24, 2.45) is 5.92 Å². The topological polar surface area (TPSA) is 55.8 Å². The number of hydrogen-bond acceptors (Lipinski definition) is 4. The van der Waals surface area contributed by atoms with Gasteiger partial charge in [0.05, 0.1) is 19.6 Å². The van der Waals surface area contributed by atoms with Gasteiger partial charge in [0.15, 0.2) is 0 Å². The minimum atomic E-state index is -0.359. The molecule has 1 fully saturated rings. The lowest BCUT2D eigenvalue weighted by Crippen LogP contribution is -2.26. The smallest absolute Gasteiger partial charge is 0.311 e. The summed E-state index contributed by atoms with van der Waals surface area (Å²) >= 11 is 0. The van der Waals surface area contributed by atoms with Crippen molar-refractivity contribution in [2.45, 2.75) is 12.8 Å². The number of benzene rings is 1. The summed E-state index contributed by atoms with van der Waals surface area (Å²) in [5, 5.41) is 0. The van der Waals surface area contributed by atoms with Gasteiger partial charge in [0.25, 0.3) is 0 Å². The normalized spacial score (nSPS) is 21.2. The molecule has 3 rings (SSSR count). The summed E-state index contributed by atoms with van der Waals surface area (Å²) < 4.78 is 10.1. The lowest BCUT2D eigenvalue weighted by atomic mass is 10.1. The Morgan fingerprint density at radius 3 is 3.11 bits per heavy atom. The zero-order chi connectivity index (χ0) is 13.4. The molecule has 1 aromatic carbocycles. The molecule has 1 aromatic rings. The fraction of sp³-hybridized carbons (Fsp3) is 0.429. The number of methoxy groups -OCH3 is 1. The van der Waals surface area contributed by atoms with Crippen molar-refractivity contribution in [2.75, 3.05) is 25.2 Å². The molecule has 0 saturated carbocycles. The van der Waals surface area contributed by atoms with Crippen LogP contribution in [0, 0.1) is 5.92 Å². The number of amides is 1. The molecule has 0 aromatic heterocycles. The van der Waals surface area contributed by atoms with Crippen LogP contribution >= 0.6 is 0 Å². The van der Waals surface area contributed by atoms with E-state index in [4.69, 9.17) is 9.47 Å². The highest BCUT2D eigenvalue weighted by Gasteiger charge is 2.36. The largest absolute Gasteiger partial charge is 0.493 e. The Labute approximate surface area is 111 Å². The van der Waals surface area contributed by atoms with E-state index in [1.807, 2.05) is 18.2 Å². The van der Waals surface area contributed by atoms with Gasteiger partial charge in [0.2, 0.25) is 5.91 Å². The summed E-state index contributed by atoms with van der Waals surface area (Å²) in [6.07, 6.45) is 1.09. The van der Waals surface area contributed by atoms with Gasteiger partial charge < -0.3 is 14.4 Å². The van der Waals surface area contributed by atoms with Crippen molar-refractivity contribution < 1.29 is 19.1 Å². The van der Waals surface area contributed by atoms with E-state index in [0.717, 1.165) is 23.4 Å². The van der Waals surface area contributed by atoms with Crippen LogP contribution in [0.25, 0.3) is 0 Å². The molecular weight excluding hydrogens is 246 g/mol. The molecule has 1 amide bonds. The van der Waals surface area contributed by atoms with Crippen molar-refractivity contribution in [3.05, 3.63) is 23.8 Å². The monoisotopic (exact) mass is 261 g/mol. The highest BCUT2D eigenvalue weighted by molar-refractivity contribution is 5.99. The molecule has 0 bridgehead atoms. The third-order valence-electron chi connectivity index (χ3n) is 3.64. The number of hydrogen-bond donors (Lipinski definition) is 0. The number of anilines is 1. The van der Waals surface area contributed by atoms with Gasteiger partial charge in [-0.25, -0.2) is 0 Å². The van der Waals surface area contributed by atoms with Crippen molar-refractivity contribution in [1.29, 1.82) is 0 Å². The summed E-state index contributed by atoms with van der Waals surface area (Å²) in [5.74, 6) is 0.177. The minimum Gasteiger partial charge on any atom is -0.493 e. The molecule has 0 N–H and O–H groups in total. The summed E-state index contributed by atoms with van der Waals surface area (Å²) in [4.78, 5) is 25.1. The van der Waals surface area contributed by atoms with Crippen LogP contribution in [0.2, 0.25) is 0 Å². The zero-order valence-corrected chi connectivity index (χ0v) is 10.7. The van der Waals surface area contributed by atoms with Gasteiger partial charge in [-0.2, -0.15) is 0 Å². The molecule has 5 nitrogen and oxygen atoms in total. The molecule has 1 saturated heterocycles. The maximum Gasteiger partial charge on any atom is 0.311 e. The fourth-order valence-corrected chi connectivity index (χ4v) is 2.62. The molecule has 100 valence electrons. The summed E-state index contributed by atoms with van der Waals surface area (Å²) in [6.45, 7) is 1.09. The second-order valence-corrected chi connectivity index (χ2v) is 4.82. The van der Waals surface area contributed by atoms with Gasteiger partial charge >= 0.3 is 5.97 Å². The van der Waals surface area contributed by atoms with Crippen LogP contribution < -0.4 is 9.64 Å². The molecular formula is C14H15NO4. The Bertz CT molecular complexity index is 540. The first-order valence-electron chi connectivity index (χ1n) is 6.33. The van der Waals surface area contributed by atoms with Crippen LogP contribution in [0.1, 0.15) is 12.0 Å². The number of esters is 1. The third kappa shape index (κ3) is 2.05. The average Bonchev–Trinajstić information content (AvgIpc) is 3.03. The number of fused-ring (bicyclic) bond motifs is 1. The molecule has 0 aliphatic carbocycles. The van der Waals surface area contributed by atoms with Gasteiger partial charge in [0.1, 0.15) is 5.75 Å². The molecule has 1 atom stereocenters. The van der Waals surface area contributed by atoms with E-state index in [9.17, 15) is 9.59 Å². The van der Waals surface area contributed by atoms with Gasteiger partial charge in [-0.3, -0.25) is 9.59 Å². The molecule has 1 unspecified atom stereocenters. The summed E-state index contributed by atoms with van der Waals surface area (Å²) in [7, 11) is 1.35. The van der Waals surface area contributed by atoms with Gasteiger partial charge in [-0.15, -0.1) is 0 Å². The first-order chi connectivity index (χ1) is 9.19. The van der Waals surface area contributed by atoms with E-state index >= 15 is 0 Å². The molecule has 0 spiro atoms. The first kappa shape index (κ1) is 12.0. The number of carbonyl (C=O) groups is 2. The number of ether oxygens (including phenoxy) is 2. The number of rotatable bonds is 2. The lowest BCUT2D eigenvalue weighted by Gasteiger charge is -2.17. The summed E-state index contributed by atoms with van der Waals surface area (Å²) in [5.41, 5.74) is 1.95. The standard InChI is InChI=1S/C14H15NO4/c1-18-14(17)10-7-13(16)15(8-10)11-2-3-12-9(6-11)4-5-19-12/h2-3,6,10H,4-5,7-8H2,1H3. The Balaban J connectivity index is 1.83. The second kappa shape index (κ2) is 4.57. The van der Waals surface area contributed by atoms with Crippen LogP contribution in [-0.2, 0) is 20.7 Å². The maximum absolute atomic E-state index is 12.0. The van der Waals surface area contributed by atoms with Gasteiger partial charge in [-0.1, -0.05) is 0 Å². The van der Waals surface area contributed by atoms with Crippen molar-refractivity contribution in [3.8, 4) is 5.75 Å². The van der Waals surface area contributed by atoms with Crippen molar-refractivity contribution >= 4 is 17.6 Å². The third-order valence-corrected chi connectivity index (χ3v) is 3.64. The van der Waals surface area contributed by atoms with Crippen LogP contribution in [-0.4, -0.2) is 32.1 Å². The zero-order valence-electron chi connectivity index (χ0n) is 10.7. The molecule has 2 aliphatic heterocycles. The quantitative estimate of drug-likeness (QED) is 0.749. The Morgan fingerprint density at radius 2 is 2.32 bits per heavy atom. The fourth-order valence-electron chi connectivity index (χ4n) is 2.62. The predicted octanol–water partition coefficient (Wildman–Crippen LogP) is 1.15. The minimum absolute atomic E-state index is 0.0331.